The van der Waals surface area contributed by atoms with Crippen molar-refractivity contribution < 1.29 is 24.1 Å². The summed E-state index contributed by atoms with van der Waals surface area (Å²) in [6.07, 6.45) is 0. The molecule has 1 N–H and O–H groups in total. The van der Waals surface area contributed by atoms with Gasteiger partial charge in [0.05, 0.1) is 13.7 Å². The maximum atomic E-state index is 11.1. The molecule has 1 rings (SSSR count). The maximum Gasteiger partial charge on any atom is 0.350 e. The highest BCUT2D eigenvalue weighted by Gasteiger charge is 2.35. The molecular formula is C12H16O5. The first-order valence-electron chi connectivity index (χ1n) is 5.07. The maximum absolute atomic E-state index is 11.1. The van der Waals surface area contributed by atoms with Crippen molar-refractivity contribution in [3.8, 4) is 11.5 Å². The van der Waals surface area contributed by atoms with E-state index in [-0.39, 0.29) is 6.61 Å². The van der Waals surface area contributed by atoms with E-state index in [0.29, 0.717) is 11.5 Å². The van der Waals surface area contributed by atoms with Crippen LogP contribution in [0.2, 0.25) is 0 Å². The molecular weight excluding hydrogens is 224 g/mol. The van der Waals surface area contributed by atoms with Crippen LogP contribution in [0.15, 0.2) is 24.3 Å². The van der Waals surface area contributed by atoms with Crippen LogP contribution in [0, 0.1) is 0 Å². The summed E-state index contributed by atoms with van der Waals surface area (Å²) in [6.45, 7) is 1.41. The van der Waals surface area contributed by atoms with Gasteiger partial charge in [0.15, 0.2) is 0 Å². The molecule has 17 heavy (non-hydrogen) atoms. The van der Waals surface area contributed by atoms with Crippen LogP contribution in [0.4, 0.5) is 0 Å². The minimum Gasteiger partial charge on any atom is -0.497 e. The van der Waals surface area contributed by atoms with Gasteiger partial charge in [0.25, 0.3) is 0 Å². The van der Waals surface area contributed by atoms with Crippen LogP contribution in [0.5, 0.6) is 11.5 Å². The van der Waals surface area contributed by atoms with Crippen LogP contribution < -0.4 is 9.47 Å². The van der Waals surface area contributed by atoms with Gasteiger partial charge in [-0.05, 0) is 19.1 Å². The second-order valence-corrected chi connectivity index (χ2v) is 3.75. The van der Waals surface area contributed by atoms with Crippen molar-refractivity contribution in [2.45, 2.75) is 12.5 Å². The van der Waals surface area contributed by atoms with Gasteiger partial charge in [0.1, 0.15) is 11.5 Å². The van der Waals surface area contributed by atoms with Gasteiger partial charge < -0.3 is 19.3 Å². The molecule has 5 nitrogen and oxygen atoms in total. The number of methoxy groups -OCH3 is 2. The molecule has 0 aliphatic rings. The van der Waals surface area contributed by atoms with Crippen LogP contribution >= 0.6 is 0 Å². The minimum atomic E-state index is -1.42. The zero-order chi connectivity index (χ0) is 12.9. The molecule has 0 heterocycles. The Morgan fingerprint density at radius 1 is 1.35 bits per heavy atom. The molecule has 0 amide bonds. The summed E-state index contributed by atoms with van der Waals surface area (Å²) < 4.78 is 15.3. The molecule has 0 spiro atoms. The Bertz CT molecular complexity index is 390. The van der Waals surface area contributed by atoms with E-state index in [4.69, 9.17) is 19.3 Å². The fourth-order valence-corrected chi connectivity index (χ4v) is 1.34. The van der Waals surface area contributed by atoms with E-state index in [1.54, 1.807) is 24.3 Å². The molecule has 0 bridgehead atoms. The first-order chi connectivity index (χ1) is 8.01. The van der Waals surface area contributed by atoms with E-state index in [1.807, 2.05) is 0 Å². The van der Waals surface area contributed by atoms with Crippen LogP contribution in [-0.4, -0.2) is 37.5 Å². The van der Waals surface area contributed by atoms with E-state index in [0.717, 1.165) is 0 Å². The van der Waals surface area contributed by atoms with Crippen molar-refractivity contribution in [1.29, 1.82) is 0 Å². The normalized spacial score (nSPS) is 13.8. The first kappa shape index (κ1) is 13.3. The molecule has 5 heteroatoms. The van der Waals surface area contributed by atoms with Crippen molar-refractivity contribution in [3.63, 3.8) is 0 Å². The fourth-order valence-electron chi connectivity index (χ4n) is 1.34. The Morgan fingerprint density at radius 3 is 2.53 bits per heavy atom. The zero-order valence-electron chi connectivity index (χ0n) is 10.1. The lowest BCUT2D eigenvalue weighted by Gasteiger charge is -2.25. The predicted octanol–water partition coefficient (Wildman–Crippen LogP) is 1.56. The Morgan fingerprint density at radius 2 is 2.00 bits per heavy atom. The van der Waals surface area contributed by atoms with Crippen LogP contribution in [0.1, 0.15) is 6.92 Å². The van der Waals surface area contributed by atoms with Gasteiger partial charge in [0, 0.05) is 13.2 Å². The van der Waals surface area contributed by atoms with Gasteiger partial charge >= 0.3 is 5.97 Å². The van der Waals surface area contributed by atoms with Crippen LogP contribution in [0.25, 0.3) is 0 Å². The molecule has 0 aliphatic carbocycles. The monoisotopic (exact) mass is 240 g/mol. The van der Waals surface area contributed by atoms with Gasteiger partial charge in [-0.3, -0.25) is 0 Å². The van der Waals surface area contributed by atoms with Crippen molar-refractivity contribution in [3.05, 3.63) is 24.3 Å². The van der Waals surface area contributed by atoms with Crippen LogP contribution in [0.3, 0.4) is 0 Å². The molecule has 1 atom stereocenters. The molecule has 0 saturated heterocycles. The molecule has 0 saturated carbocycles. The second kappa shape index (κ2) is 5.54. The lowest BCUT2D eigenvalue weighted by atomic mass is 10.1. The molecule has 1 aromatic rings. The summed E-state index contributed by atoms with van der Waals surface area (Å²) in [6, 6.07) is 6.76. The second-order valence-electron chi connectivity index (χ2n) is 3.75. The fraction of sp³-hybridized carbons (Fsp3) is 0.417. The number of carboxylic acid groups (broad SMARTS) is 1. The first-order valence-corrected chi connectivity index (χ1v) is 5.07. The smallest absolute Gasteiger partial charge is 0.350 e. The summed E-state index contributed by atoms with van der Waals surface area (Å²) >= 11 is 0. The average molecular weight is 240 g/mol. The van der Waals surface area contributed by atoms with E-state index >= 15 is 0 Å². The van der Waals surface area contributed by atoms with Gasteiger partial charge in [-0.15, -0.1) is 0 Å². The zero-order valence-corrected chi connectivity index (χ0v) is 10.1. The summed E-state index contributed by atoms with van der Waals surface area (Å²) in [5, 5.41) is 9.12. The van der Waals surface area contributed by atoms with E-state index in [1.165, 1.54) is 21.1 Å². The number of carbonyl (C=O) groups is 1. The highest BCUT2D eigenvalue weighted by molar-refractivity contribution is 5.77. The number of aliphatic carboxylic acids is 1. The molecule has 0 fully saturated rings. The van der Waals surface area contributed by atoms with E-state index in [9.17, 15) is 4.79 Å². The third-order valence-electron chi connectivity index (χ3n) is 2.26. The lowest BCUT2D eigenvalue weighted by molar-refractivity contribution is -0.158. The van der Waals surface area contributed by atoms with Gasteiger partial charge in [-0.25, -0.2) is 4.79 Å². The standard InChI is InChI=1S/C12H16O5/c1-12(8-15-2,11(13)14)17-10-6-4-5-9(7-10)16-3/h4-7H,8H2,1-3H3,(H,13,14). The highest BCUT2D eigenvalue weighted by Crippen LogP contribution is 2.23. The Balaban J connectivity index is 2.89. The van der Waals surface area contributed by atoms with E-state index < -0.39 is 11.6 Å². The predicted molar refractivity (Wildman–Crippen MR) is 61.5 cm³/mol. The molecule has 1 unspecified atom stereocenters. The molecule has 0 radical (unpaired) electrons. The average Bonchev–Trinajstić information content (AvgIpc) is 2.29. The van der Waals surface area contributed by atoms with Crippen molar-refractivity contribution in [1.82, 2.24) is 0 Å². The summed E-state index contributed by atoms with van der Waals surface area (Å²) in [5.41, 5.74) is -1.42. The highest BCUT2D eigenvalue weighted by atomic mass is 16.6. The van der Waals surface area contributed by atoms with Crippen molar-refractivity contribution >= 4 is 5.97 Å². The third kappa shape index (κ3) is 3.35. The Labute approximate surface area is 99.9 Å². The SMILES string of the molecule is COCC(C)(Oc1cccc(OC)c1)C(=O)O. The van der Waals surface area contributed by atoms with Gasteiger partial charge in [-0.1, -0.05) is 6.07 Å². The van der Waals surface area contributed by atoms with Gasteiger partial charge in [-0.2, -0.15) is 0 Å². The van der Waals surface area contributed by atoms with Crippen LogP contribution in [-0.2, 0) is 9.53 Å². The summed E-state index contributed by atoms with van der Waals surface area (Å²) in [4.78, 5) is 11.1. The Hall–Kier alpha value is -1.75. The molecule has 0 aliphatic heterocycles. The minimum absolute atomic E-state index is 0.0421. The van der Waals surface area contributed by atoms with Crippen molar-refractivity contribution in [2.75, 3.05) is 20.8 Å². The largest absolute Gasteiger partial charge is 0.497 e. The summed E-state index contributed by atoms with van der Waals surface area (Å²) in [7, 11) is 2.96. The number of ether oxygens (including phenoxy) is 3. The quantitative estimate of drug-likeness (QED) is 0.817. The number of hydrogen-bond acceptors (Lipinski definition) is 4. The van der Waals surface area contributed by atoms with Crippen molar-refractivity contribution in [2.24, 2.45) is 0 Å². The number of hydrogen-bond donors (Lipinski definition) is 1. The number of carboxylic acids is 1. The molecule has 1 aromatic carbocycles. The van der Waals surface area contributed by atoms with Gasteiger partial charge in [0.2, 0.25) is 5.60 Å². The number of benzene rings is 1. The molecule has 94 valence electrons. The summed E-state index contributed by atoms with van der Waals surface area (Å²) in [5.74, 6) is -0.0545. The lowest BCUT2D eigenvalue weighted by Crippen LogP contribution is -2.45. The van der Waals surface area contributed by atoms with E-state index in [2.05, 4.69) is 0 Å². The molecule has 0 aromatic heterocycles. The Kier molecular flexibility index (Phi) is 4.34. The number of rotatable bonds is 6. The topological polar surface area (TPSA) is 65.0 Å². The third-order valence-corrected chi connectivity index (χ3v) is 2.26.